The summed E-state index contributed by atoms with van der Waals surface area (Å²) in [6, 6.07) is 0. The van der Waals surface area contributed by atoms with Crippen LogP contribution in [-0.4, -0.2) is 39.1 Å². The molecule has 0 radical (unpaired) electrons. The van der Waals surface area contributed by atoms with E-state index in [1.807, 2.05) is 26.0 Å². The van der Waals surface area contributed by atoms with E-state index in [1.54, 1.807) is 0 Å². The molecule has 0 aliphatic carbocycles. The third kappa shape index (κ3) is 11.5. The molecule has 1 aliphatic heterocycles. The van der Waals surface area contributed by atoms with E-state index in [1.165, 1.54) is 25.9 Å². The third-order valence-electron chi connectivity index (χ3n) is 0.957. The zero-order chi connectivity index (χ0) is 7.11. The van der Waals surface area contributed by atoms with Crippen molar-refractivity contribution >= 4 is 0 Å². The number of nitrogens with one attached hydrogen (secondary N) is 1. The fourth-order valence-electron chi connectivity index (χ4n) is 0.625. The van der Waals surface area contributed by atoms with E-state index >= 15 is 0 Å². The van der Waals surface area contributed by atoms with Gasteiger partial charge in [-0.25, -0.2) is 0 Å². The molecule has 0 aromatic carbocycles. The molecule has 0 unspecified atom stereocenters. The molecule has 1 N–H and O–H groups in total. The highest BCUT2D eigenvalue weighted by Crippen LogP contribution is 1.90. The lowest BCUT2D eigenvalue weighted by Crippen LogP contribution is -2.03. The molecular weight excluding hydrogens is 112 g/mol. The van der Waals surface area contributed by atoms with Gasteiger partial charge in [0.2, 0.25) is 0 Å². The summed E-state index contributed by atoms with van der Waals surface area (Å²) in [5.41, 5.74) is 0. The topological polar surface area (TPSA) is 15.3 Å². The van der Waals surface area contributed by atoms with Crippen LogP contribution in [0.4, 0.5) is 0 Å². The Balaban J connectivity index is 0.000000148. The normalized spacial score (nSPS) is 17.3. The number of hydrogen-bond acceptors (Lipinski definition) is 2. The van der Waals surface area contributed by atoms with Gasteiger partial charge in [-0.3, -0.25) is 0 Å². The SMILES string of the molecule is C1CCNC1.CN(C)C. The lowest BCUT2D eigenvalue weighted by atomic mass is 10.4. The van der Waals surface area contributed by atoms with Gasteiger partial charge >= 0.3 is 0 Å². The Bertz CT molecular complexity index is 38.5. The first-order valence-electron chi connectivity index (χ1n) is 3.55. The predicted molar refractivity (Wildman–Crippen MR) is 41.7 cm³/mol. The fourth-order valence-corrected chi connectivity index (χ4v) is 0.625. The van der Waals surface area contributed by atoms with Crippen molar-refractivity contribution in [2.24, 2.45) is 0 Å². The van der Waals surface area contributed by atoms with Crippen LogP contribution in [0.5, 0.6) is 0 Å². The third-order valence-corrected chi connectivity index (χ3v) is 0.957. The molecule has 0 bridgehead atoms. The molecule has 1 saturated heterocycles. The summed E-state index contributed by atoms with van der Waals surface area (Å²) in [4.78, 5) is 2.00. The van der Waals surface area contributed by atoms with Crippen molar-refractivity contribution in [3.63, 3.8) is 0 Å². The van der Waals surface area contributed by atoms with Crippen molar-refractivity contribution in [1.82, 2.24) is 10.2 Å². The van der Waals surface area contributed by atoms with Crippen molar-refractivity contribution in [3.05, 3.63) is 0 Å². The first-order chi connectivity index (χ1) is 4.23. The van der Waals surface area contributed by atoms with Crippen LogP contribution in [0.3, 0.4) is 0 Å². The van der Waals surface area contributed by atoms with Crippen LogP contribution in [0.2, 0.25) is 0 Å². The fraction of sp³-hybridized carbons (Fsp3) is 1.00. The lowest BCUT2D eigenvalue weighted by molar-refractivity contribution is 0.505. The van der Waals surface area contributed by atoms with Crippen molar-refractivity contribution < 1.29 is 0 Å². The maximum absolute atomic E-state index is 3.22. The van der Waals surface area contributed by atoms with Crippen molar-refractivity contribution in [2.75, 3.05) is 34.2 Å². The van der Waals surface area contributed by atoms with E-state index in [2.05, 4.69) is 5.32 Å². The Hall–Kier alpha value is -0.0800. The number of rotatable bonds is 0. The molecule has 0 atom stereocenters. The lowest BCUT2D eigenvalue weighted by Gasteiger charge is -1.90. The average molecular weight is 130 g/mol. The van der Waals surface area contributed by atoms with Gasteiger partial charge in [-0.05, 0) is 47.1 Å². The van der Waals surface area contributed by atoms with Gasteiger partial charge in [0.25, 0.3) is 0 Å². The van der Waals surface area contributed by atoms with Gasteiger partial charge in [-0.2, -0.15) is 0 Å². The molecule has 1 fully saturated rings. The van der Waals surface area contributed by atoms with E-state index in [4.69, 9.17) is 0 Å². The van der Waals surface area contributed by atoms with Crippen molar-refractivity contribution in [3.8, 4) is 0 Å². The Morgan fingerprint density at radius 2 is 1.33 bits per heavy atom. The molecule has 0 saturated carbocycles. The largest absolute Gasteiger partial charge is 0.317 e. The van der Waals surface area contributed by atoms with Crippen LogP contribution in [0.1, 0.15) is 12.8 Å². The molecular formula is C7H18N2. The van der Waals surface area contributed by atoms with Gasteiger partial charge in [0.1, 0.15) is 0 Å². The molecule has 56 valence electrons. The van der Waals surface area contributed by atoms with Crippen LogP contribution in [0.15, 0.2) is 0 Å². The molecule has 0 aromatic heterocycles. The standard InChI is InChI=1S/C4H9N.C3H9N/c1-2-4-5-3-1;1-4(2)3/h5H,1-4H2;1-3H3. The highest BCUT2D eigenvalue weighted by atomic mass is 15.0. The predicted octanol–water partition coefficient (Wildman–Crippen LogP) is 0.548. The molecule has 1 heterocycles. The molecule has 1 rings (SSSR count). The van der Waals surface area contributed by atoms with E-state index in [-0.39, 0.29) is 0 Å². The minimum atomic E-state index is 1.25. The van der Waals surface area contributed by atoms with Crippen LogP contribution in [0.25, 0.3) is 0 Å². The molecule has 0 aromatic rings. The summed E-state index contributed by atoms with van der Waals surface area (Å²) in [7, 11) is 6.00. The average Bonchev–Trinajstić information content (AvgIpc) is 2.11. The van der Waals surface area contributed by atoms with Crippen molar-refractivity contribution in [1.29, 1.82) is 0 Å². The van der Waals surface area contributed by atoms with Crippen LogP contribution < -0.4 is 5.32 Å². The van der Waals surface area contributed by atoms with Gasteiger partial charge in [0.15, 0.2) is 0 Å². The molecule has 2 heteroatoms. The van der Waals surface area contributed by atoms with Crippen LogP contribution in [0, 0.1) is 0 Å². The summed E-state index contributed by atoms with van der Waals surface area (Å²) in [5.74, 6) is 0. The molecule has 0 spiro atoms. The van der Waals surface area contributed by atoms with E-state index in [9.17, 15) is 0 Å². The molecule has 0 amide bonds. The second kappa shape index (κ2) is 6.05. The second-order valence-electron chi connectivity index (χ2n) is 2.80. The Labute approximate surface area is 58.2 Å². The van der Waals surface area contributed by atoms with E-state index in [0.717, 1.165) is 0 Å². The van der Waals surface area contributed by atoms with Gasteiger partial charge < -0.3 is 10.2 Å². The van der Waals surface area contributed by atoms with E-state index in [0.29, 0.717) is 0 Å². The summed E-state index contributed by atoms with van der Waals surface area (Å²) in [5, 5.41) is 3.22. The minimum absolute atomic E-state index is 1.25. The van der Waals surface area contributed by atoms with Gasteiger partial charge in [-0.1, -0.05) is 0 Å². The number of hydrogen-bond donors (Lipinski definition) is 1. The monoisotopic (exact) mass is 130 g/mol. The minimum Gasteiger partial charge on any atom is -0.317 e. The van der Waals surface area contributed by atoms with Gasteiger partial charge in [-0.15, -0.1) is 0 Å². The van der Waals surface area contributed by atoms with Crippen LogP contribution in [-0.2, 0) is 0 Å². The van der Waals surface area contributed by atoms with Gasteiger partial charge in [0.05, 0.1) is 0 Å². The van der Waals surface area contributed by atoms with E-state index < -0.39 is 0 Å². The maximum Gasteiger partial charge on any atom is -0.00484 e. The first-order valence-corrected chi connectivity index (χ1v) is 3.55. The molecule has 1 aliphatic rings. The zero-order valence-corrected chi connectivity index (χ0v) is 6.78. The first kappa shape index (κ1) is 8.92. The summed E-state index contributed by atoms with van der Waals surface area (Å²) < 4.78 is 0. The summed E-state index contributed by atoms with van der Waals surface area (Å²) in [6.07, 6.45) is 2.78. The molecule has 9 heavy (non-hydrogen) atoms. The molecule has 2 nitrogen and oxygen atoms in total. The quantitative estimate of drug-likeness (QED) is 0.515. The van der Waals surface area contributed by atoms with Crippen LogP contribution >= 0.6 is 0 Å². The second-order valence-corrected chi connectivity index (χ2v) is 2.80. The summed E-state index contributed by atoms with van der Waals surface area (Å²) >= 11 is 0. The number of nitrogens with zero attached hydrogens (tertiary/aromatic N) is 1. The maximum atomic E-state index is 3.22. The highest BCUT2D eigenvalue weighted by molar-refractivity contribution is 4.55. The summed E-state index contributed by atoms with van der Waals surface area (Å²) in [6.45, 7) is 2.50. The zero-order valence-electron chi connectivity index (χ0n) is 6.78. The smallest absolute Gasteiger partial charge is 0.00484 e. The Kier molecular flexibility index (Phi) is 5.99. The Morgan fingerprint density at radius 3 is 1.44 bits per heavy atom. The highest BCUT2D eigenvalue weighted by Gasteiger charge is 1.93. The Morgan fingerprint density at radius 1 is 1.00 bits per heavy atom. The van der Waals surface area contributed by atoms with Gasteiger partial charge in [0, 0.05) is 0 Å². The van der Waals surface area contributed by atoms with Crippen molar-refractivity contribution in [2.45, 2.75) is 12.8 Å².